The maximum atomic E-state index is 12.7. The van der Waals surface area contributed by atoms with Crippen molar-refractivity contribution in [1.82, 2.24) is 4.98 Å². The molecule has 5 atom stereocenters. The normalized spacial score (nSPS) is 36.1. The number of nitrogens with one attached hydrogen (secondary N) is 1. The Hall–Kier alpha value is -2.14. The van der Waals surface area contributed by atoms with Crippen LogP contribution in [0.2, 0.25) is 0 Å². The summed E-state index contributed by atoms with van der Waals surface area (Å²) in [5.41, 5.74) is 3.60. The van der Waals surface area contributed by atoms with Crippen molar-refractivity contribution in [3.05, 3.63) is 40.9 Å². The van der Waals surface area contributed by atoms with Crippen LogP contribution in [0.3, 0.4) is 0 Å². The zero-order valence-electron chi connectivity index (χ0n) is 18.3. The summed E-state index contributed by atoms with van der Waals surface area (Å²) in [5.74, 6) is 2.64. The average Bonchev–Trinajstić information content (AvgIpc) is 3.28. The van der Waals surface area contributed by atoms with Gasteiger partial charge in [0.15, 0.2) is 5.13 Å². The first-order chi connectivity index (χ1) is 14.9. The molecular formula is C26H30N2O2S. The number of rotatable bonds is 2. The van der Waals surface area contributed by atoms with Crippen LogP contribution in [-0.2, 0) is 11.2 Å². The minimum absolute atomic E-state index is 0.0678. The molecule has 1 heterocycles. The number of phenolic OH excluding ortho intramolecular Hbond substituents is 1. The van der Waals surface area contributed by atoms with Crippen molar-refractivity contribution in [2.45, 2.75) is 58.8 Å². The first-order valence-corrected chi connectivity index (χ1v) is 12.5. The average molecular weight is 435 g/mol. The molecule has 0 spiro atoms. The fourth-order valence-electron chi connectivity index (χ4n) is 7.42. The van der Waals surface area contributed by atoms with Crippen LogP contribution in [0.5, 0.6) is 5.75 Å². The molecule has 6 rings (SSSR count). The molecule has 162 valence electrons. The smallest absolute Gasteiger partial charge is 0.187 e. The summed E-state index contributed by atoms with van der Waals surface area (Å²) in [6.45, 7) is 4.73. The van der Waals surface area contributed by atoms with Crippen LogP contribution in [0.15, 0.2) is 30.3 Å². The number of fused-ring (bicyclic) bond motifs is 7. The van der Waals surface area contributed by atoms with Crippen molar-refractivity contribution in [2.75, 3.05) is 5.32 Å². The van der Waals surface area contributed by atoms with Gasteiger partial charge in [-0.05, 0) is 79.4 Å². The third kappa shape index (κ3) is 2.78. The van der Waals surface area contributed by atoms with Crippen molar-refractivity contribution in [2.24, 2.45) is 28.6 Å². The lowest BCUT2D eigenvalue weighted by molar-refractivity contribution is -0.131. The summed E-state index contributed by atoms with van der Waals surface area (Å²) >= 11 is 1.75. The first-order valence-electron chi connectivity index (χ1n) is 11.7. The Morgan fingerprint density at radius 2 is 1.97 bits per heavy atom. The lowest BCUT2D eigenvalue weighted by Gasteiger charge is -2.55. The van der Waals surface area contributed by atoms with E-state index >= 15 is 0 Å². The quantitative estimate of drug-likeness (QED) is 0.579. The molecule has 2 aromatic rings. The van der Waals surface area contributed by atoms with E-state index in [4.69, 9.17) is 4.98 Å². The summed E-state index contributed by atoms with van der Waals surface area (Å²) < 4.78 is 0. The van der Waals surface area contributed by atoms with Crippen LogP contribution in [0.25, 0.3) is 5.57 Å². The van der Waals surface area contributed by atoms with Gasteiger partial charge in [-0.3, -0.25) is 4.79 Å². The molecule has 2 fully saturated rings. The number of aryl methyl sites for hydroxylation is 1. The van der Waals surface area contributed by atoms with Crippen LogP contribution in [0.4, 0.5) is 10.8 Å². The van der Waals surface area contributed by atoms with E-state index in [1.165, 1.54) is 29.0 Å². The van der Waals surface area contributed by atoms with E-state index in [9.17, 15) is 9.90 Å². The van der Waals surface area contributed by atoms with E-state index in [2.05, 4.69) is 25.2 Å². The fraction of sp³-hybridized carbons (Fsp3) is 0.538. The second-order valence-electron chi connectivity index (χ2n) is 10.5. The van der Waals surface area contributed by atoms with Crippen molar-refractivity contribution in [1.29, 1.82) is 0 Å². The number of aromatic hydroxyl groups is 1. The summed E-state index contributed by atoms with van der Waals surface area (Å²) in [6, 6.07) is 7.21. The largest absolute Gasteiger partial charge is 0.508 e. The molecule has 2 N–H and O–H groups in total. The molecule has 0 bridgehead atoms. The lowest BCUT2D eigenvalue weighted by Crippen LogP contribution is -2.49. The van der Waals surface area contributed by atoms with Crippen LogP contribution in [0, 0.1) is 28.6 Å². The van der Waals surface area contributed by atoms with Crippen LogP contribution in [0.1, 0.15) is 62.9 Å². The number of carbonyl (C=O) groups excluding carboxylic acids is 1. The maximum Gasteiger partial charge on any atom is 0.187 e. The monoisotopic (exact) mass is 434 g/mol. The number of benzene rings is 1. The second kappa shape index (κ2) is 6.68. The Morgan fingerprint density at radius 1 is 1.13 bits per heavy atom. The molecule has 0 saturated heterocycles. The van der Waals surface area contributed by atoms with E-state index in [1.807, 2.05) is 12.1 Å². The minimum atomic E-state index is -0.0678. The third-order valence-electron chi connectivity index (χ3n) is 9.10. The molecule has 1 aromatic carbocycles. The number of anilines is 2. The number of nitrogens with zero attached hydrogens (tertiary/aromatic N) is 1. The molecule has 5 heteroatoms. The highest BCUT2D eigenvalue weighted by molar-refractivity contribution is 7.15. The number of ketones is 1. The zero-order chi connectivity index (χ0) is 21.4. The van der Waals surface area contributed by atoms with Gasteiger partial charge in [-0.1, -0.05) is 26.0 Å². The van der Waals surface area contributed by atoms with Gasteiger partial charge in [-0.25, -0.2) is 4.98 Å². The van der Waals surface area contributed by atoms with Gasteiger partial charge in [-0.2, -0.15) is 0 Å². The van der Waals surface area contributed by atoms with Gasteiger partial charge < -0.3 is 10.4 Å². The van der Waals surface area contributed by atoms with Crippen molar-refractivity contribution >= 4 is 33.5 Å². The standard InChI is InChI=1S/C26H30N2O2S/c1-25-13-11-21-23(28-24(31-21)27-15-4-3-5-16(29)14-15)20(25)7-6-17-18-8-9-22(30)26(18,2)12-10-19(17)25/h3-5,7,14,17-19,29H,6,8-13H2,1-2H3,(H,27,28)/t17-,18-,19-,25+,26-/m0/s1. The van der Waals surface area contributed by atoms with E-state index in [0.29, 0.717) is 23.5 Å². The van der Waals surface area contributed by atoms with Gasteiger partial charge in [0.1, 0.15) is 11.5 Å². The summed E-state index contributed by atoms with van der Waals surface area (Å²) in [7, 11) is 0. The second-order valence-corrected chi connectivity index (χ2v) is 11.6. The highest BCUT2D eigenvalue weighted by Gasteiger charge is 2.58. The molecule has 31 heavy (non-hydrogen) atoms. The molecule has 0 radical (unpaired) electrons. The number of carbonyl (C=O) groups is 1. The van der Waals surface area contributed by atoms with Crippen LogP contribution in [-0.4, -0.2) is 15.9 Å². The Balaban J connectivity index is 1.33. The highest BCUT2D eigenvalue weighted by Crippen LogP contribution is 2.65. The van der Waals surface area contributed by atoms with E-state index in [0.717, 1.165) is 42.9 Å². The van der Waals surface area contributed by atoms with Gasteiger partial charge >= 0.3 is 0 Å². The van der Waals surface area contributed by atoms with Crippen LogP contribution < -0.4 is 5.32 Å². The Labute approximate surface area is 187 Å². The SMILES string of the molecule is C[C@]12CCc3sc(Nc4cccc(O)c4)nc3C1=CC[C@@H]1[C@@H]2CC[C@]2(C)C(=O)CC[C@@H]12. The molecule has 1 aromatic heterocycles. The Morgan fingerprint density at radius 3 is 2.81 bits per heavy atom. The van der Waals surface area contributed by atoms with E-state index in [-0.39, 0.29) is 16.6 Å². The number of allylic oxidation sites excluding steroid dienone is 2. The maximum absolute atomic E-state index is 12.7. The Kier molecular flexibility index (Phi) is 4.21. The molecular weight excluding hydrogens is 404 g/mol. The van der Waals surface area contributed by atoms with Gasteiger partial charge in [0.2, 0.25) is 0 Å². The van der Waals surface area contributed by atoms with E-state index < -0.39 is 0 Å². The first kappa shape index (κ1) is 19.5. The molecule has 0 amide bonds. The van der Waals surface area contributed by atoms with Gasteiger partial charge in [0, 0.05) is 28.5 Å². The van der Waals surface area contributed by atoms with E-state index in [1.54, 1.807) is 23.5 Å². The topological polar surface area (TPSA) is 62.2 Å². The van der Waals surface area contributed by atoms with Crippen molar-refractivity contribution in [3.8, 4) is 5.75 Å². The highest BCUT2D eigenvalue weighted by atomic mass is 32.1. The molecule has 0 unspecified atom stereocenters. The number of hydrogen-bond acceptors (Lipinski definition) is 5. The van der Waals surface area contributed by atoms with Crippen molar-refractivity contribution in [3.63, 3.8) is 0 Å². The summed E-state index contributed by atoms with van der Waals surface area (Å²) in [4.78, 5) is 19.1. The zero-order valence-corrected chi connectivity index (χ0v) is 19.1. The number of aromatic nitrogens is 1. The third-order valence-corrected chi connectivity index (χ3v) is 10.1. The molecule has 0 aliphatic heterocycles. The predicted octanol–water partition coefficient (Wildman–Crippen LogP) is 6.34. The van der Waals surface area contributed by atoms with Gasteiger partial charge in [0.25, 0.3) is 0 Å². The number of Topliss-reactive ketones (excluding diaryl/α,β-unsaturated/α-hetero) is 1. The molecule has 4 nitrogen and oxygen atoms in total. The number of hydrogen-bond donors (Lipinski definition) is 2. The molecule has 4 aliphatic carbocycles. The fourth-order valence-corrected chi connectivity index (χ4v) is 8.41. The number of phenols is 1. The lowest BCUT2D eigenvalue weighted by atomic mass is 9.48. The van der Waals surface area contributed by atoms with Gasteiger partial charge in [-0.15, -0.1) is 11.3 Å². The predicted molar refractivity (Wildman–Crippen MR) is 125 cm³/mol. The van der Waals surface area contributed by atoms with Crippen LogP contribution >= 0.6 is 11.3 Å². The number of thiazole rings is 1. The summed E-state index contributed by atoms with van der Waals surface area (Å²) in [5, 5.41) is 14.1. The summed E-state index contributed by atoms with van der Waals surface area (Å²) in [6.07, 6.45) is 9.94. The van der Waals surface area contributed by atoms with Crippen molar-refractivity contribution < 1.29 is 9.90 Å². The Bertz CT molecular complexity index is 1100. The van der Waals surface area contributed by atoms with Gasteiger partial charge in [0.05, 0.1) is 5.69 Å². The molecule has 4 aliphatic rings. The molecule has 2 saturated carbocycles. The minimum Gasteiger partial charge on any atom is -0.508 e.